The number of ether oxygens (including phenoxy) is 4. The highest BCUT2D eigenvalue weighted by molar-refractivity contribution is 7.81. The first kappa shape index (κ1) is 29.0. The minimum atomic E-state index is -0.847. The van der Waals surface area contributed by atoms with Crippen molar-refractivity contribution < 1.29 is 28.5 Å². The van der Waals surface area contributed by atoms with E-state index in [2.05, 4.69) is 0 Å². The predicted molar refractivity (Wildman–Crippen MR) is 147 cm³/mol. The summed E-state index contributed by atoms with van der Waals surface area (Å²) in [5.41, 5.74) is 1.25. The standard InChI is InChI=1S/C26H32N2O6S2/c1-16(19(29)14-27(2)25(35)17-10-8-12-21(31-4)23(17)33-6)20(30)15-28(3)26(36)18-11-9-13-22(32-5)24(18)34-7/h8-13,16H,14-15H2,1-7H3. The number of methoxy groups -OCH3 is 4. The van der Waals surface area contributed by atoms with Crippen molar-refractivity contribution >= 4 is 46.0 Å². The van der Waals surface area contributed by atoms with Crippen LogP contribution in [-0.4, -0.2) is 87.0 Å². The van der Waals surface area contributed by atoms with Gasteiger partial charge in [0.05, 0.1) is 58.6 Å². The molecular weight excluding hydrogens is 500 g/mol. The Morgan fingerprint density at radius 3 is 1.39 bits per heavy atom. The van der Waals surface area contributed by atoms with Crippen molar-refractivity contribution in [1.82, 2.24) is 9.80 Å². The summed E-state index contributed by atoms with van der Waals surface area (Å²) in [6.07, 6.45) is 0. The number of thiocarbonyl (C=S) groups is 2. The van der Waals surface area contributed by atoms with Gasteiger partial charge in [0.2, 0.25) is 0 Å². The summed E-state index contributed by atoms with van der Waals surface area (Å²) in [7, 11) is 9.53. The van der Waals surface area contributed by atoms with E-state index in [0.29, 0.717) is 44.1 Å². The molecule has 0 aromatic heterocycles. The van der Waals surface area contributed by atoms with Crippen molar-refractivity contribution in [1.29, 1.82) is 0 Å². The lowest BCUT2D eigenvalue weighted by Gasteiger charge is -2.25. The molecule has 2 aromatic carbocycles. The third-order valence-electron chi connectivity index (χ3n) is 5.71. The summed E-state index contributed by atoms with van der Waals surface area (Å²) in [4.78, 5) is 29.9. The van der Waals surface area contributed by atoms with Crippen LogP contribution >= 0.6 is 24.4 Å². The third kappa shape index (κ3) is 6.50. The molecule has 2 rings (SSSR count). The van der Waals surface area contributed by atoms with E-state index in [0.717, 1.165) is 0 Å². The van der Waals surface area contributed by atoms with Crippen molar-refractivity contribution in [2.24, 2.45) is 5.92 Å². The Hall–Kier alpha value is -3.24. The molecule has 0 N–H and O–H groups in total. The Balaban J connectivity index is 2.07. The highest BCUT2D eigenvalue weighted by atomic mass is 32.1. The van der Waals surface area contributed by atoms with Gasteiger partial charge in [-0.25, -0.2) is 0 Å². The van der Waals surface area contributed by atoms with Crippen LogP contribution in [0.15, 0.2) is 36.4 Å². The SMILES string of the molecule is COc1cccc(C(=S)N(C)CC(=O)C(C)C(=O)CN(C)C(=S)c2cccc(OC)c2OC)c1OC. The zero-order valence-electron chi connectivity index (χ0n) is 21.6. The molecule has 0 aliphatic carbocycles. The number of rotatable bonds is 12. The summed E-state index contributed by atoms with van der Waals surface area (Å²) in [6.45, 7) is 1.52. The van der Waals surface area contributed by atoms with E-state index >= 15 is 0 Å². The van der Waals surface area contributed by atoms with Gasteiger partial charge in [0.1, 0.15) is 9.98 Å². The van der Waals surface area contributed by atoms with Crippen LogP contribution in [0.3, 0.4) is 0 Å². The third-order valence-corrected chi connectivity index (χ3v) is 6.78. The normalized spacial score (nSPS) is 10.4. The van der Waals surface area contributed by atoms with Gasteiger partial charge in [-0.2, -0.15) is 0 Å². The second-order valence-electron chi connectivity index (χ2n) is 8.06. The summed E-state index contributed by atoms with van der Waals surface area (Å²) in [5, 5.41) is 0. The van der Waals surface area contributed by atoms with Crippen LogP contribution in [0.4, 0.5) is 0 Å². The Labute approximate surface area is 223 Å². The van der Waals surface area contributed by atoms with Gasteiger partial charge in [-0.1, -0.05) is 36.6 Å². The number of carbonyl (C=O) groups excluding carboxylic acids is 2. The number of hydrogen-bond donors (Lipinski definition) is 0. The van der Waals surface area contributed by atoms with Crippen LogP contribution in [0.5, 0.6) is 23.0 Å². The fourth-order valence-corrected chi connectivity index (χ4v) is 4.04. The monoisotopic (exact) mass is 532 g/mol. The second-order valence-corrected chi connectivity index (χ2v) is 8.83. The molecule has 0 amide bonds. The molecule has 0 heterocycles. The van der Waals surface area contributed by atoms with Gasteiger partial charge in [-0.05, 0) is 31.2 Å². The summed E-state index contributed by atoms with van der Waals surface area (Å²) < 4.78 is 21.6. The van der Waals surface area contributed by atoms with Crippen LogP contribution in [0.2, 0.25) is 0 Å². The predicted octanol–water partition coefficient (Wildman–Crippen LogP) is 3.41. The lowest BCUT2D eigenvalue weighted by molar-refractivity contribution is -0.132. The van der Waals surface area contributed by atoms with Gasteiger partial charge in [0.15, 0.2) is 34.6 Å². The molecular formula is C26H32N2O6S2. The quantitative estimate of drug-likeness (QED) is 0.300. The van der Waals surface area contributed by atoms with Gasteiger partial charge in [0.25, 0.3) is 0 Å². The summed E-state index contributed by atoms with van der Waals surface area (Å²) in [6, 6.07) is 10.7. The molecule has 0 bridgehead atoms. The maximum Gasteiger partial charge on any atom is 0.170 e. The lowest BCUT2D eigenvalue weighted by atomic mass is 10.00. The molecule has 0 spiro atoms. The minimum absolute atomic E-state index is 0.0377. The number of benzene rings is 2. The van der Waals surface area contributed by atoms with E-state index < -0.39 is 5.92 Å². The van der Waals surface area contributed by atoms with E-state index in [1.807, 2.05) is 0 Å². The highest BCUT2D eigenvalue weighted by Crippen LogP contribution is 2.32. The van der Waals surface area contributed by atoms with E-state index in [9.17, 15) is 9.59 Å². The maximum absolute atomic E-state index is 12.9. The second kappa shape index (κ2) is 13.2. The number of likely N-dealkylation sites (N-methyl/N-ethyl adjacent to an activating group) is 2. The van der Waals surface area contributed by atoms with Crippen molar-refractivity contribution in [2.45, 2.75) is 6.92 Å². The minimum Gasteiger partial charge on any atom is -0.493 e. The highest BCUT2D eigenvalue weighted by Gasteiger charge is 2.27. The zero-order chi connectivity index (χ0) is 27.0. The molecule has 0 atom stereocenters. The number of Topliss-reactive ketones (excluding diaryl/α,β-unsaturated/α-hetero) is 2. The molecule has 0 aliphatic rings. The zero-order valence-corrected chi connectivity index (χ0v) is 23.2. The van der Waals surface area contributed by atoms with E-state index in [4.69, 9.17) is 43.4 Å². The molecule has 0 radical (unpaired) electrons. The summed E-state index contributed by atoms with van der Waals surface area (Å²) in [5.74, 6) is 0.669. The first-order valence-electron chi connectivity index (χ1n) is 11.1. The number of para-hydroxylation sites is 2. The van der Waals surface area contributed by atoms with Crippen LogP contribution in [-0.2, 0) is 9.59 Å². The van der Waals surface area contributed by atoms with E-state index in [-0.39, 0.29) is 24.7 Å². The first-order valence-corrected chi connectivity index (χ1v) is 11.9. The Morgan fingerprint density at radius 2 is 1.08 bits per heavy atom. The molecule has 2 aromatic rings. The fourth-order valence-electron chi connectivity index (χ4n) is 3.59. The number of hydrogen-bond acceptors (Lipinski definition) is 8. The molecule has 0 fully saturated rings. The largest absolute Gasteiger partial charge is 0.493 e. The van der Waals surface area contributed by atoms with Crippen LogP contribution in [0.1, 0.15) is 18.1 Å². The fraction of sp³-hybridized carbons (Fsp3) is 0.385. The lowest BCUT2D eigenvalue weighted by Crippen LogP contribution is -2.40. The van der Waals surface area contributed by atoms with Crippen molar-refractivity contribution in [3.63, 3.8) is 0 Å². The molecule has 0 saturated heterocycles. The van der Waals surface area contributed by atoms with Gasteiger partial charge in [-0.15, -0.1) is 0 Å². The molecule has 194 valence electrons. The van der Waals surface area contributed by atoms with Crippen molar-refractivity contribution in [3.8, 4) is 23.0 Å². The molecule has 0 saturated carbocycles. The van der Waals surface area contributed by atoms with Crippen molar-refractivity contribution in [3.05, 3.63) is 47.5 Å². The van der Waals surface area contributed by atoms with E-state index in [1.165, 1.54) is 28.4 Å². The number of carbonyl (C=O) groups is 2. The van der Waals surface area contributed by atoms with Gasteiger partial charge in [-0.3, -0.25) is 9.59 Å². The van der Waals surface area contributed by atoms with E-state index in [1.54, 1.807) is 67.2 Å². The summed E-state index contributed by atoms with van der Waals surface area (Å²) >= 11 is 11.2. The first-order chi connectivity index (χ1) is 17.1. The van der Waals surface area contributed by atoms with Crippen LogP contribution < -0.4 is 18.9 Å². The molecule has 10 heteroatoms. The maximum atomic E-state index is 12.9. The average Bonchev–Trinajstić information content (AvgIpc) is 2.90. The van der Waals surface area contributed by atoms with Crippen LogP contribution in [0, 0.1) is 5.92 Å². The Morgan fingerprint density at radius 1 is 0.722 bits per heavy atom. The molecule has 8 nitrogen and oxygen atoms in total. The Bertz CT molecular complexity index is 1050. The topological polar surface area (TPSA) is 77.5 Å². The average molecular weight is 533 g/mol. The van der Waals surface area contributed by atoms with Crippen LogP contribution in [0.25, 0.3) is 0 Å². The van der Waals surface area contributed by atoms with Crippen molar-refractivity contribution in [2.75, 3.05) is 55.6 Å². The smallest absolute Gasteiger partial charge is 0.170 e. The van der Waals surface area contributed by atoms with Gasteiger partial charge in [0, 0.05) is 14.1 Å². The molecule has 0 unspecified atom stereocenters. The Kier molecular flexibility index (Phi) is 10.6. The molecule has 0 aliphatic heterocycles. The van der Waals surface area contributed by atoms with Gasteiger partial charge < -0.3 is 28.7 Å². The number of nitrogens with zero attached hydrogens (tertiary/aromatic N) is 2. The number of ketones is 2. The van der Waals surface area contributed by atoms with Gasteiger partial charge >= 0.3 is 0 Å². The molecule has 36 heavy (non-hydrogen) atoms.